The second kappa shape index (κ2) is 9.28. The molecule has 138 valence electrons. The Labute approximate surface area is 172 Å². The fourth-order valence-corrected chi connectivity index (χ4v) is 2.54. The zero-order valence-electron chi connectivity index (χ0n) is 13.6. The Morgan fingerprint density at radius 1 is 1.04 bits per heavy atom. The molecule has 0 fully saturated rings. The number of ether oxygens (including phenoxy) is 1. The van der Waals surface area contributed by atoms with Gasteiger partial charge in [0.1, 0.15) is 11.9 Å². The topological polar surface area (TPSA) is 62.4 Å². The lowest BCUT2D eigenvalue weighted by molar-refractivity contribution is 0.0934. The van der Waals surface area contributed by atoms with Gasteiger partial charge in [-0.2, -0.15) is 0 Å². The van der Waals surface area contributed by atoms with Gasteiger partial charge >= 0.3 is 0 Å². The van der Waals surface area contributed by atoms with Crippen molar-refractivity contribution in [1.29, 1.82) is 0 Å². The van der Waals surface area contributed by atoms with Gasteiger partial charge in [0.25, 0.3) is 5.91 Å². The van der Waals surface area contributed by atoms with E-state index in [1.807, 2.05) is 30.3 Å². The number of carbonyl (C=O) groups excluding carboxylic acids is 1. The summed E-state index contributed by atoms with van der Waals surface area (Å²) < 4.78 is 3.23. The summed E-state index contributed by atoms with van der Waals surface area (Å²) in [6.07, 6.45) is -1.05. The summed E-state index contributed by atoms with van der Waals surface area (Å²) in [7, 11) is 1.54. The first-order valence-corrected chi connectivity index (χ1v) is 8.98. The molecule has 1 amide bonds. The highest BCUT2D eigenvalue weighted by Gasteiger charge is 2.34. The Morgan fingerprint density at radius 2 is 1.65 bits per heavy atom. The first-order valence-electron chi connectivity index (χ1n) is 7.44. The van der Waals surface area contributed by atoms with Crippen LogP contribution in [0, 0.1) is 0 Å². The van der Waals surface area contributed by atoms with Gasteiger partial charge in [0.2, 0.25) is 3.79 Å². The van der Waals surface area contributed by atoms with Crippen molar-refractivity contribution in [2.75, 3.05) is 12.4 Å². The molecule has 0 saturated carbocycles. The Hall–Kier alpha value is -1.73. The van der Waals surface area contributed by atoms with Gasteiger partial charge in [-0.3, -0.25) is 4.79 Å². The monoisotopic (exact) mass is 431 g/mol. The van der Waals surface area contributed by atoms with E-state index in [-0.39, 0.29) is 5.11 Å². The fourth-order valence-electron chi connectivity index (χ4n) is 1.98. The van der Waals surface area contributed by atoms with Crippen molar-refractivity contribution in [3.8, 4) is 5.75 Å². The third-order valence-corrected chi connectivity index (χ3v) is 4.14. The molecule has 0 aliphatic heterocycles. The second-order valence-corrected chi connectivity index (χ2v) is 7.92. The molecule has 0 aliphatic rings. The summed E-state index contributed by atoms with van der Waals surface area (Å²) in [5, 5.41) is 8.56. The van der Waals surface area contributed by atoms with Crippen molar-refractivity contribution in [3.05, 3.63) is 60.2 Å². The zero-order chi connectivity index (χ0) is 19.2. The van der Waals surface area contributed by atoms with Crippen molar-refractivity contribution in [3.63, 3.8) is 0 Å². The number of methoxy groups -OCH3 is 1. The minimum atomic E-state index is -1.83. The average Bonchev–Trinajstić information content (AvgIpc) is 2.61. The van der Waals surface area contributed by atoms with Crippen LogP contribution in [0.25, 0.3) is 0 Å². The molecular formula is C17H16Cl3N3O2S. The molecule has 2 aromatic carbocycles. The van der Waals surface area contributed by atoms with Gasteiger partial charge in [-0.05, 0) is 48.6 Å². The van der Waals surface area contributed by atoms with Gasteiger partial charge in [-0.15, -0.1) is 0 Å². The van der Waals surface area contributed by atoms with Crippen LogP contribution in [-0.2, 0) is 0 Å². The number of anilines is 1. The SMILES string of the molecule is COc1ccc(C(=O)N[C@H](NC(=S)Nc2ccccc2)C(Cl)(Cl)Cl)cc1. The zero-order valence-corrected chi connectivity index (χ0v) is 16.7. The van der Waals surface area contributed by atoms with E-state index in [1.165, 1.54) is 0 Å². The number of thiocarbonyl (C=S) groups is 1. The number of alkyl halides is 3. The molecule has 1 atom stereocenters. The Balaban J connectivity index is 2.04. The van der Waals surface area contributed by atoms with Gasteiger partial charge in [0, 0.05) is 11.3 Å². The summed E-state index contributed by atoms with van der Waals surface area (Å²) in [6.45, 7) is 0. The lowest BCUT2D eigenvalue weighted by atomic mass is 10.2. The van der Waals surface area contributed by atoms with Crippen LogP contribution in [0.15, 0.2) is 54.6 Å². The minimum Gasteiger partial charge on any atom is -0.497 e. The maximum Gasteiger partial charge on any atom is 0.252 e. The van der Waals surface area contributed by atoms with E-state index in [0.717, 1.165) is 5.69 Å². The van der Waals surface area contributed by atoms with E-state index in [0.29, 0.717) is 11.3 Å². The molecule has 26 heavy (non-hydrogen) atoms. The third-order valence-electron chi connectivity index (χ3n) is 3.26. The molecule has 2 aromatic rings. The summed E-state index contributed by atoms with van der Waals surface area (Å²) >= 11 is 23.1. The van der Waals surface area contributed by atoms with Gasteiger partial charge in [-0.1, -0.05) is 53.0 Å². The van der Waals surface area contributed by atoms with Gasteiger partial charge < -0.3 is 20.7 Å². The van der Waals surface area contributed by atoms with E-state index in [4.69, 9.17) is 51.8 Å². The summed E-state index contributed by atoms with van der Waals surface area (Å²) in [5.41, 5.74) is 1.14. The number of carbonyl (C=O) groups is 1. The number of para-hydroxylation sites is 1. The van der Waals surface area contributed by atoms with Crippen LogP contribution >= 0.6 is 47.0 Å². The molecule has 0 radical (unpaired) electrons. The molecule has 0 heterocycles. The van der Waals surface area contributed by atoms with Gasteiger partial charge in [0.05, 0.1) is 7.11 Å². The molecule has 0 aliphatic carbocycles. The predicted octanol–water partition coefficient (Wildman–Crippen LogP) is 4.11. The summed E-state index contributed by atoms with van der Waals surface area (Å²) in [6, 6.07) is 15.8. The average molecular weight is 433 g/mol. The second-order valence-electron chi connectivity index (χ2n) is 5.14. The minimum absolute atomic E-state index is 0.197. The van der Waals surface area contributed by atoms with Crippen LogP contribution in [0.4, 0.5) is 5.69 Å². The first kappa shape index (κ1) is 20.6. The lowest BCUT2D eigenvalue weighted by Crippen LogP contribution is -2.56. The highest BCUT2D eigenvalue weighted by Crippen LogP contribution is 2.29. The molecule has 0 bridgehead atoms. The largest absolute Gasteiger partial charge is 0.497 e. The van der Waals surface area contributed by atoms with Crippen LogP contribution in [0.3, 0.4) is 0 Å². The molecular weight excluding hydrogens is 417 g/mol. The third kappa shape index (κ3) is 6.21. The van der Waals surface area contributed by atoms with E-state index in [1.54, 1.807) is 31.4 Å². The van der Waals surface area contributed by atoms with Crippen LogP contribution < -0.4 is 20.7 Å². The predicted molar refractivity (Wildman–Crippen MR) is 110 cm³/mol. The van der Waals surface area contributed by atoms with Crippen molar-refractivity contribution in [2.45, 2.75) is 9.96 Å². The number of hydrogen-bond donors (Lipinski definition) is 3. The van der Waals surface area contributed by atoms with Crippen molar-refractivity contribution in [1.82, 2.24) is 10.6 Å². The molecule has 0 spiro atoms. The molecule has 5 nitrogen and oxygen atoms in total. The van der Waals surface area contributed by atoms with Crippen LogP contribution in [0.2, 0.25) is 0 Å². The van der Waals surface area contributed by atoms with E-state index in [9.17, 15) is 4.79 Å². The maximum absolute atomic E-state index is 12.4. The number of halogens is 3. The number of hydrogen-bond acceptors (Lipinski definition) is 3. The normalized spacial score (nSPS) is 12.0. The highest BCUT2D eigenvalue weighted by molar-refractivity contribution is 7.80. The van der Waals surface area contributed by atoms with Crippen LogP contribution in [-0.4, -0.2) is 28.1 Å². The quantitative estimate of drug-likeness (QED) is 0.377. The number of benzene rings is 2. The van der Waals surface area contributed by atoms with E-state index < -0.39 is 15.9 Å². The Kier molecular flexibility index (Phi) is 7.34. The summed E-state index contributed by atoms with van der Waals surface area (Å²) in [5.74, 6) is 0.199. The smallest absolute Gasteiger partial charge is 0.252 e. The molecule has 0 aromatic heterocycles. The molecule has 0 unspecified atom stereocenters. The number of rotatable bonds is 5. The maximum atomic E-state index is 12.4. The van der Waals surface area contributed by atoms with Crippen LogP contribution in [0.5, 0.6) is 5.75 Å². The van der Waals surface area contributed by atoms with Crippen molar-refractivity contribution >= 4 is 63.7 Å². The van der Waals surface area contributed by atoms with Crippen LogP contribution in [0.1, 0.15) is 10.4 Å². The Bertz CT molecular complexity index is 752. The van der Waals surface area contributed by atoms with Gasteiger partial charge in [-0.25, -0.2) is 0 Å². The molecule has 9 heteroatoms. The van der Waals surface area contributed by atoms with Crippen molar-refractivity contribution in [2.24, 2.45) is 0 Å². The highest BCUT2D eigenvalue weighted by atomic mass is 35.6. The lowest BCUT2D eigenvalue weighted by Gasteiger charge is -2.27. The molecule has 3 N–H and O–H groups in total. The van der Waals surface area contributed by atoms with Gasteiger partial charge in [0.15, 0.2) is 5.11 Å². The standard InChI is InChI=1S/C17H16Cl3N3O2S/c1-25-13-9-7-11(8-10-13)14(24)22-15(17(18,19)20)23-16(26)21-12-5-3-2-4-6-12/h2-10,15H,1H3,(H,22,24)(H2,21,23,26)/t15-/m1/s1. The van der Waals surface area contributed by atoms with Crippen molar-refractivity contribution < 1.29 is 9.53 Å². The number of nitrogens with one attached hydrogen (secondary N) is 3. The Morgan fingerprint density at radius 3 is 2.19 bits per heavy atom. The number of amides is 1. The molecule has 0 saturated heterocycles. The summed E-state index contributed by atoms with van der Waals surface area (Å²) in [4.78, 5) is 12.4. The fraction of sp³-hybridized carbons (Fsp3) is 0.176. The van der Waals surface area contributed by atoms with E-state index in [2.05, 4.69) is 16.0 Å². The first-order chi connectivity index (χ1) is 12.3. The van der Waals surface area contributed by atoms with E-state index >= 15 is 0 Å². The molecule has 2 rings (SSSR count).